The molecule has 2 heterocycles. The van der Waals surface area contributed by atoms with Crippen molar-refractivity contribution in [1.82, 2.24) is 4.57 Å². The van der Waals surface area contributed by atoms with Crippen LogP contribution in [0.15, 0.2) is 72.8 Å². The van der Waals surface area contributed by atoms with Crippen molar-refractivity contribution < 1.29 is 9.47 Å². The number of ether oxygens (including phenoxy) is 2. The third-order valence-corrected chi connectivity index (χ3v) is 7.67. The van der Waals surface area contributed by atoms with Crippen LogP contribution in [0.5, 0.6) is 23.0 Å². The highest BCUT2D eigenvalue weighted by atomic mass is 16.5. The molecule has 0 amide bonds. The van der Waals surface area contributed by atoms with E-state index >= 15 is 0 Å². The summed E-state index contributed by atoms with van der Waals surface area (Å²) < 4.78 is 15.0. The summed E-state index contributed by atoms with van der Waals surface area (Å²) in [7, 11) is 2.13. The van der Waals surface area contributed by atoms with Crippen LogP contribution < -0.4 is 9.47 Å². The standard InChI is InChI=1S/C30H27NO2.C4H10.C2H6/c1-18-10-6-8-12-26(18)32-28-16-21-20-15-23-29(17-25(20)31(5)24(21)14-19(28)2)33-27-13-9-7-11-22(27)30(23,3)4;1-3-4-2;1-2/h6-17H,1-5H3;3-4H2,1-2H3;1-2H3. The van der Waals surface area contributed by atoms with Crippen LogP contribution in [-0.2, 0) is 12.5 Å². The van der Waals surface area contributed by atoms with E-state index in [-0.39, 0.29) is 5.41 Å². The average Bonchev–Trinajstić information content (AvgIpc) is 3.20. The Morgan fingerprint density at radius 1 is 0.692 bits per heavy atom. The van der Waals surface area contributed by atoms with Gasteiger partial charge in [-0.2, -0.15) is 0 Å². The second-order valence-corrected chi connectivity index (χ2v) is 10.7. The van der Waals surface area contributed by atoms with Crippen LogP contribution in [0.2, 0.25) is 0 Å². The minimum atomic E-state index is -0.147. The fraction of sp³-hybridized carbons (Fsp3) is 0.333. The van der Waals surface area contributed by atoms with E-state index in [1.54, 1.807) is 0 Å². The number of nitrogens with zero attached hydrogens (tertiary/aromatic N) is 1. The van der Waals surface area contributed by atoms with Crippen molar-refractivity contribution in [2.75, 3.05) is 0 Å². The molecule has 1 aliphatic rings. The molecule has 1 aliphatic heterocycles. The summed E-state index contributed by atoms with van der Waals surface area (Å²) in [5.41, 5.74) is 6.88. The van der Waals surface area contributed by atoms with Crippen LogP contribution in [0, 0.1) is 13.8 Å². The van der Waals surface area contributed by atoms with Crippen molar-refractivity contribution in [2.45, 2.75) is 73.6 Å². The van der Waals surface area contributed by atoms with E-state index in [9.17, 15) is 0 Å². The van der Waals surface area contributed by atoms with Crippen molar-refractivity contribution >= 4 is 21.8 Å². The van der Waals surface area contributed by atoms with Crippen molar-refractivity contribution in [2.24, 2.45) is 7.05 Å². The van der Waals surface area contributed by atoms with Crippen LogP contribution >= 0.6 is 0 Å². The minimum Gasteiger partial charge on any atom is -0.457 e. The number of fused-ring (bicyclic) bond motifs is 5. The maximum absolute atomic E-state index is 6.37. The summed E-state index contributed by atoms with van der Waals surface area (Å²) in [6.07, 6.45) is 2.64. The Hall–Kier alpha value is -3.72. The van der Waals surface area contributed by atoms with Gasteiger partial charge in [-0.05, 0) is 55.3 Å². The van der Waals surface area contributed by atoms with Gasteiger partial charge in [0.2, 0.25) is 0 Å². The first kappa shape index (κ1) is 28.3. The second-order valence-electron chi connectivity index (χ2n) is 10.7. The summed E-state index contributed by atoms with van der Waals surface area (Å²) in [5.74, 6) is 3.66. The lowest BCUT2D eigenvalue weighted by Crippen LogP contribution is -2.24. The van der Waals surface area contributed by atoms with Gasteiger partial charge < -0.3 is 14.0 Å². The van der Waals surface area contributed by atoms with Crippen LogP contribution in [0.3, 0.4) is 0 Å². The van der Waals surface area contributed by atoms with Crippen molar-refractivity contribution in [3.8, 4) is 23.0 Å². The lowest BCUT2D eigenvalue weighted by atomic mass is 9.75. The summed E-state index contributed by atoms with van der Waals surface area (Å²) in [6, 6.07) is 25.4. The monoisotopic (exact) mass is 521 g/mol. The normalized spacial score (nSPS) is 12.8. The van der Waals surface area contributed by atoms with Crippen molar-refractivity contribution in [3.63, 3.8) is 0 Å². The van der Waals surface area contributed by atoms with Gasteiger partial charge in [0.05, 0.1) is 5.52 Å². The molecule has 3 nitrogen and oxygen atoms in total. The molecule has 0 aliphatic carbocycles. The fourth-order valence-electron chi connectivity index (χ4n) is 5.17. The third-order valence-electron chi connectivity index (χ3n) is 7.67. The number of aromatic nitrogens is 1. The topological polar surface area (TPSA) is 23.4 Å². The van der Waals surface area contributed by atoms with E-state index in [1.165, 1.54) is 40.3 Å². The molecule has 0 spiro atoms. The number of rotatable bonds is 3. The predicted molar refractivity (Wildman–Crippen MR) is 167 cm³/mol. The van der Waals surface area contributed by atoms with Gasteiger partial charge >= 0.3 is 0 Å². The Morgan fingerprint density at radius 3 is 2.00 bits per heavy atom. The molecule has 39 heavy (non-hydrogen) atoms. The highest BCUT2D eigenvalue weighted by molar-refractivity contribution is 6.09. The molecule has 4 aromatic carbocycles. The lowest BCUT2D eigenvalue weighted by Gasteiger charge is -2.34. The van der Waals surface area contributed by atoms with Gasteiger partial charge in [-0.1, -0.05) is 90.8 Å². The second kappa shape index (κ2) is 11.6. The van der Waals surface area contributed by atoms with Crippen molar-refractivity contribution in [1.29, 1.82) is 0 Å². The summed E-state index contributed by atoms with van der Waals surface area (Å²) in [6.45, 7) is 17.1. The molecular weight excluding hydrogens is 478 g/mol. The smallest absolute Gasteiger partial charge is 0.133 e. The Balaban J connectivity index is 0.000000541. The number of benzene rings is 4. The zero-order chi connectivity index (χ0) is 28.3. The Labute approximate surface area is 234 Å². The molecule has 6 rings (SSSR count). The molecule has 0 saturated carbocycles. The molecule has 0 saturated heterocycles. The Morgan fingerprint density at radius 2 is 1.31 bits per heavy atom. The SMILES string of the molecule is CC.CCCC.Cc1ccccc1Oc1cc2c3cc4c(cc3n(C)c2cc1C)Oc1ccccc1C4(C)C. The van der Waals surface area contributed by atoms with Crippen LogP contribution in [0.1, 0.15) is 76.6 Å². The number of unbranched alkanes of at least 4 members (excludes halogenated alkanes) is 1. The number of hydrogen-bond acceptors (Lipinski definition) is 2. The Bertz CT molecular complexity index is 1600. The highest BCUT2D eigenvalue weighted by Gasteiger charge is 2.34. The molecule has 204 valence electrons. The van der Waals surface area contributed by atoms with Gasteiger partial charge in [-0.3, -0.25) is 0 Å². The molecule has 0 radical (unpaired) electrons. The molecule has 0 bridgehead atoms. The fourth-order valence-corrected chi connectivity index (χ4v) is 5.17. The van der Waals surface area contributed by atoms with E-state index in [0.717, 1.165) is 39.6 Å². The molecular formula is C36H43NO2. The molecule has 0 atom stereocenters. The van der Waals surface area contributed by atoms with Gasteiger partial charge in [0.15, 0.2) is 0 Å². The van der Waals surface area contributed by atoms with Crippen molar-refractivity contribution in [3.05, 3.63) is 95.1 Å². The number of para-hydroxylation sites is 2. The third kappa shape index (κ3) is 5.15. The average molecular weight is 522 g/mol. The zero-order valence-corrected chi connectivity index (χ0v) is 25.1. The van der Waals surface area contributed by atoms with Gasteiger partial charge in [-0.25, -0.2) is 0 Å². The zero-order valence-electron chi connectivity index (χ0n) is 25.1. The van der Waals surface area contributed by atoms with Gasteiger partial charge in [0.1, 0.15) is 23.0 Å². The molecule has 1 aromatic heterocycles. The Kier molecular flexibility index (Phi) is 8.39. The van der Waals surface area contributed by atoms with E-state index in [2.05, 4.69) is 102 Å². The van der Waals surface area contributed by atoms with E-state index in [1.807, 2.05) is 38.1 Å². The largest absolute Gasteiger partial charge is 0.457 e. The van der Waals surface area contributed by atoms with Gasteiger partial charge in [-0.15, -0.1) is 0 Å². The van der Waals surface area contributed by atoms with E-state index in [4.69, 9.17) is 9.47 Å². The molecule has 0 N–H and O–H groups in total. The summed E-state index contributed by atoms with van der Waals surface area (Å²) >= 11 is 0. The maximum atomic E-state index is 6.37. The molecule has 3 heteroatoms. The molecule has 0 fully saturated rings. The summed E-state index contributed by atoms with van der Waals surface area (Å²) in [4.78, 5) is 0. The van der Waals surface area contributed by atoms with E-state index in [0.29, 0.717) is 0 Å². The first-order valence-corrected chi connectivity index (χ1v) is 14.3. The number of aryl methyl sites for hydroxylation is 3. The van der Waals surface area contributed by atoms with Gasteiger partial charge in [0.25, 0.3) is 0 Å². The number of hydrogen-bond donors (Lipinski definition) is 0. The van der Waals surface area contributed by atoms with E-state index < -0.39 is 0 Å². The first-order valence-electron chi connectivity index (χ1n) is 14.3. The molecule has 0 unspecified atom stereocenters. The quantitative estimate of drug-likeness (QED) is 0.236. The van der Waals surface area contributed by atoms with Gasteiger partial charge in [0, 0.05) is 45.9 Å². The minimum absolute atomic E-state index is 0.147. The highest BCUT2D eigenvalue weighted by Crippen LogP contribution is 2.50. The maximum Gasteiger partial charge on any atom is 0.133 e. The first-order chi connectivity index (χ1) is 18.8. The summed E-state index contributed by atoms with van der Waals surface area (Å²) in [5, 5.41) is 2.41. The van der Waals surface area contributed by atoms with Crippen LogP contribution in [-0.4, -0.2) is 4.57 Å². The van der Waals surface area contributed by atoms with Crippen LogP contribution in [0.4, 0.5) is 0 Å². The predicted octanol–water partition coefficient (Wildman–Crippen LogP) is 11.0. The lowest BCUT2D eigenvalue weighted by molar-refractivity contribution is 0.419. The molecule has 5 aromatic rings. The van der Waals surface area contributed by atoms with Crippen LogP contribution in [0.25, 0.3) is 21.8 Å².